The van der Waals surface area contributed by atoms with Crippen molar-refractivity contribution in [3.05, 3.63) is 0 Å². The van der Waals surface area contributed by atoms with Crippen LogP contribution >= 0.6 is 0 Å². The number of hydrogen-bond acceptors (Lipinski definition) is 3. The maximum atomic E-state index is 12.2. The molecule has 3 aliphatic rings. The highest BCUT2D eigenvalue weighted by Crippen LogP contribution is 2.54. The number of rotatable bonds is 6. The van der Waals surface area contributed by atoms with Crippen LogP contribution in [0.5, 0.6) is 0 Å². The van der Waals surface area contributed by atoms with Gasteiger partial charge in [-0.2, -0.15) is 0 Å². The zero-order valence-electron chi connectivity index (χ0n) is 14.3. The molecule has 0 N–H and O–H groups in total. The summed E-state index contributed by atoms with van der Waals surface area (Å²) in [5.41, 5.74) is 0. The van der Waals surface area contributed by atoms with Crippen LogP contribution < -0.4 is 0 Å². The van der Waals surface area contributed by atoms with Gasteiger partial charge in [0.25, 0.3) is 0 Å². The van der Waals surface area contributed by atoms with Crippen LogP contribution in [0.25, 0.3) is 0 Å². The standard InChI is InChI=1S/C19H32O3/c1-13(10-18-14(2)15-8-9-16(18)11-15)19(20)22-12-21-17-6-4-3-5-7-17/h13-18H,3-12H2,1-2H3. The van der Waals surface area contributed by atoms with E-state index in [1.54, 1.807) is 0 Å². The summed E-state index contributed by atoms with van der Waals surface area (Å²) in [7, 11) is 0. The normalized spacial score (nSPS) is 36.5. The topological polar surface area (TPSA) is 35.5 Å². The highest BCUT2D eigenvalue weighted by atomic mass is 16.7. The fourth-order valence-corrected chi connectivity index (χ4v) is 5.17. The Balaban J connectivity index is 1.36. The number of esters is 1. The molecule has 0 aliphatic heterocycles. The van der Waals surface area contributed by atoms with Gasteiger partial charge in [0.05, 0.1) is 12.0 Å². The van der Waals surface area contributed by atoms with E-state index in [2.05, 4.69) is 6.92 Å². The first-order valence-corrected chi connectivity index (χ1v) is 9.43. The molecule has 3 saturated carbocycles. The summed E-state index contributed by atoms with van der Waals surface area (Å²) in [6.45, 7) is 4.57. The Kier molecular flexibility index (Phi) is 5.43. The van der Waals surface area contributed by atoms with E-state index < -0.39 is 0 Å². The van der Waals surface area contributed by atoms with Crippen LogP contribution in [0.3, 0.4) is 0 Å². The van der Waals surface area contributed by atoms with Crippen molar-refractivity contribution in [3.8, 4) is 0 Å². The molecule has 5 atom stereocenters. The molecule has 3 rings (SSSR count). The largest absolute Gasteiger partial charge is 0.438 e. The number of hydrogen-bond donors (Lipinski definition) is 0. The second kappa shape index (κ2) is 7.33. The van der Waals surface area contributed by atoms with E-state index in [4.69, 9.17) is 9.47 Å². The third-order valence-electron chi connectivity index (χ3n) is 6.62. The monoisotopic (exact) mass is 308 g/mol. The zero-order chi connectivity index (χ0) is 15.5. The highest BCUT2D eigenvalue weighted by Gasteiger charge is 2.45. The first-order chi connectivity index (χ1) is 10.6. The number of fused-ring (bicyclic) bond motifs is 2. The van der Waals surface area contributed by atoms with Crippen LogP contribution in [-0.4, -0.2) is 18.9 Å². The van der Waals surface area contributed by atoms with Gasteiger partial charge >= 0.3 is 5.97 Å². The predicted octanol–water partition coefficient (Wildman–Crippen LogP) is 4.54. The molecule has 0 saturated heterocycles. The average molecular weight is 308 g/mol. The fraction of sp³-hybridized carbons (Fsp3) is 0.947. The molecule has 3 aliphatic carbocycles. The molecule has 0 heterocycles. The average Bonchev–Trinajstić information content (AvgIpc) is 3.11. The van der Waals surface area contributed by atoms with Crippen molar-refractivity contribution in [2.75, 3.05) is 6.79 Å². The number of carbonyl (C=O) groups excluding carboxylic acids is 1. The summed E-state index contributed by atoms with van der Waals surface area (Å²) < 4.78 is 11.1. The zero-order valence-corrected chi connectivity index (χ0v) is 14.3. The van der Waals surface area contributed by atoms with Crippen molar-refractivity contribution in [1.82, 2.24) is 0 Å². The van der Waals surface area contributed by atoms with Gasteiger partial charge in [0.1, 0.15) is 0 Å². The fourth-order valence-electron chi connectivity index (χ4n) is 5.17. The lowest BCUT2D eigenvalue weighted by Gasteiger charge is -2.30. The molecule has 126 valence electrons. The van der Waals surface area contributed by atoms with E-state index >= 15 is 0 Å². The SMILES string of the molecule is CC(CC1C2CCC(C2)C1C)C(=O)OCOC1CCCCC1. The summed E-state index contributed by atoms with van der Waals surface area (Å²) >= 11 is 0. The lowest BCUT2D eigenvalue weighted by atomic mass is 9.76. The minimum Gasteiger partial charge on any atom is -0.438 e. The Morgan fingerprint density at radius 3 is 2.50 bits per heavy atom. The molecule has 3 nitrogen and oxygen atoms in total. The maximum Gasteiger partial charge on any atom is 0.310 e. The van der Waals surface area contributed by atoms with E-state index in [0.717, 1.165) is 42.9 Å². The van der Waals surface area contributed by atoms with Gasteiger partial charge in [-0.3, -0.25) is 4.79 Å². The van der Waals surface area contributed by atoms with Crippen LogP contribution in [0.4, 0.5) is 0 Å². The Morgan fingerprint density at radius 1 is 1.09 bits per heavy atom. The third-order valence-corrected chi connectivity index (χ3v) is 6.62. The predicted molar refractivity (Wildman–Crippen MR) is 86.2 cm³/mol. The van der Waals surface area contributed by atoms with E-state index in [0.29, 0.717) is 6.10 Å². The quantitative estimate of drug-likeness (QED) is 0.533. The summed E-state index contributed by atoms with van der Waals surface area (Å²) in [6, 6.07) is 0. The van der Waals surface area contributed by atoms with Crippen molar-refractivity contribution in [2.24, 2.45) is 29.6 Å². The van der Waals surface area contributed by atoms with Crippen molar-refractivity contribution in [1.29, 1.82) is 0 Å². The molecule has 22 heavy (non-hydrogen) atoms. The molecule has 0 aromatic carbocycles. The molecule has 5 unspecified atom stereocenters. The smallest absolute Gasteiger partial charge is 0.310 e. The summed E-state index contributed by atoms with van der Waals surface area (Å²) in [6.07, 6.45) is 11.6. The molecule has 0 spiro atoms. The first kappa shape index (κ1) is 16.3. The van der Waals surface area contributed by atoms with Gasteiger partial charge in [-0.1, -0.05) is 33.1 Å². The van der Waals surface area contributed by atoms with Gasteiger partial charge in [-0.05, 0) is 62.2 Å². The van der Waals surface area contributed by atoms with Crippen LogP contribution in [0.2, 0.25) is 0 Å². The molecule has 0 radical (unpaired) electrons. The van der Waals surface area contributed by atoms with Crippen molar-refractivity contribution in [3.63, 3.8) is 0 Å². The Labute approximate surface area is 135 Å². The van der Waals surface area contributed by atoms with Crippen molar-refractivity contribution >= 4 is 5.97 Å². The van der Waals surface area contributed by atoms with Gasteiger partial charge in [-0.15, -0.1) is 0 Å². The van der Waals surface area contributed by atoms with Gasteiger partial charge < -0.3 is 9.47 Å². The first-order valence-electron chi connectivity index (χ1n) is 9.43. The minimum absolute atomic E-state index is 0.0155. The van der Waals surface area contributed by atoms with E-state index in [1.807, 2.05) is 6.92 Å². The van der Waals surface area contributed by atoms with Gasteiger partial charge in [0.15, 0.2) is 6.79 Å². The molecular formula is C19H32O3. The summed E-state index contributed by atoms with van der Waals surface area (Å²) in [5, 5.41) is 0. The molecule has 0 aromatic rings. The second-order valence-corrected chi connectivity index (χ2v) is 8.00. The second-order valence-electron chi connectivity index (χ2n) is 8.00. The Morgan fingerprint density at radius 2 is 1.82 bits per heavy atom. The van der Waals surface area contributed by atoms with Crippen molar-refractivity contribution < 1.29 is 14.3 Å². The lowest BCUT2D eigenvalue weighted by Crippen LogP contribution is -2.27. The molecule has 3 fully saturated rings. The molecular weight excluding hydrogens is 276 g/mol. The molecule has 3 heteroatoms. The number of carbonyl (C=O) groups is 1. The summed E-state index contributed by atoms with van der Waals surface area (Å²) in [5.74, 6) is 3.28. The third kappa shape index (κ3) is 3.67. The maximum absolute atomic E-state index is 12.2. The van der Waals surface area contributed by atoms with E-state index in [-0.39, 0.29) is 18.7 Å². The van der Waals surface area contributed by atoms with Gasteiger partial charge in [-0.25, -0.2) is 0 Å². The van der Waals surface area contributed by atoms with Crippen LogP contribution in [0.1, 0.15) is 71.6 Å². The molecule has 2 bridgehead atoms. The van der Waals surface area contributed by atoms with E-state index in [9.17, 15) is 4.79 Å². The Hall–Kier alpha value is -0.570. The van der Waals surface area contributed by atoms with Crippen LogP contribution in [-0.2, 0) is 14.3 Å². The van der Waals surface area contributed by atoms with E-state index in [1.165, 1.54) is 38.5 Å². The molecule has 0 aromatic heterocycles. The highest BCUT2D eigenvalue weighted by molar-refractivity contribution is 5.71. The van der Waals surface area contributed by atoms with Gasteiger partial charge in [0.2, 0.25) is 0 Å². The number of ether oxygens (including phenoxy) is 2. The van der Waals surface area contributed by atoms with Crippen LogP contribution in [0.15, 0.2) is 0 Å². The van der Waals surface area contributed by atoms with Crippen molar-refractivity contribution in [2.45, 2.75) is 77.7 Å². The molecule has 0 amide bonds. The minimum atomic E-state index is -0.0641. The van der Waals surface area contributed by atoms with Crippen LogP contribution in [0, 0.1) is 29.6 Å². The summed E-state index contributed by atoms with van der Waals surface area (Å²) in [4.78, 5) is 12.2. The van der Waals surface area contributed by atoms with Gasteiger partial charge in [0, 0.05) is 0 Å². The lowest BCUT2D eigenvalue weighted by molar-refractivity contribution is -0.167. The Bertz CT molecular complexity index is 373.